The summed E-state index contributed by atoms with van der Waals surface area (Å²) in [5.41, 5.74) is 0.571. The Balaban J connectivity index is 2.71. The van der Waals surface area contributed by atoms with Gasteiger partial charge in [0.1, 0.15) is 16.6 Å². The van der Waals surface area contributed by atoms with Crippen molar-refractivity contribution in [1.82, 2.24) is 9.97 Å². The SMILES string of the molecule is COC(=O)CCc1c(Cl)ncnc1Cl. The van der Waals surface area contributed by atoms with Gasteiger partial charge in [-0.2, -0.15) is 0 Å². The van der Waals surface area contributed by atoms with Crippen LogP contribution in [-0.2, 0) is 16.0 Å². The molecule has 0 spiro atoms. The highest BCUT2D eigenvalue weighted by atomic mass is 35.5. The first kappa shape index (κ1) is 11.2. The van der Waals surface area contributed by atoms with Gasteiger partial charge in [-0.3, -0.25) is 4.79 Å². The molecule has 0 saturated heterocycles. The number of halogens is 2. The Bertz CT molecular complexity index is 324. The topological polar surface area (TPSA) is 52.1 Å². The molecule has 1 rings (SSSR count). The van der Waals surface area contributed by atoms with Gasteiger partial charge in [0.05, 0.1) is 7.11 Å². The van der Waals surface area contributed by atoms with E-state index in [2.05, 4.69) is 14.7 Å². The Morgan fingerprint density at radius 1 is 1.43 bits per heavy atom. The lowest BCUT2D eigenvalue weighted by molar-refractivity contribution is -0.140. The minimum Gasteiger partial charge on any atom is -0.469 e. The highest BCUT2D eigenvalue weighted by Crippen LogP contribution is 2.21. The Kier molecular flexibility index (Phi) is 4.10. The Morgan fingerprint density at radius 3 is 2.50 bits per heavy atom. The fourth-order valence-corrected chi connectivity index (χ4v) is 1.41. The lowest BCUT2D eigenvalue weighted by Gasteiger charge is -2.03. The normalized spacial score (nSPS) is 9.93. The van der Waals surface area contributed by atoms with Crippen molar-refractivity contribution in [2.45, 2.75) is 12.8 Å². The van der Waals surface area contributed by atoms with Crippen LogP contribution in [0.2, 0.25) is 10.3 Å². The molecular formula is C8H8Cl2N2O2. The lowest BCUT2D eigenvalue weighted by atomic mass is 10.2. The molecule has 4 nitrogen and oxygen atoms in total. The third-order valence-electron chi connectivity index (χ3n) is 1.65. The molecule has 1 aromatic heterocycles. The van der Waals surface area contributed by atoms with Crippen molar-refractivity contribution in [3.63, 3.8) is 0 Å². The van der Waals surface area contributed by atoms with Crippen LogP contribution in [0.5, 0.6) is 0 Å². The fourth-order valence-electron chi connectivity index (χ4n) is 0.907. The molecule has 6 heteroatoms. The number of carbonyl (C=O) groups is 1. The zero-order chi connectivity index (χ0) is 10.6. The third kappa shape index (κ3) is 2.82. The summed E-state index contributed by atoms with van der Waals surface area (Å²) in [6.07, 6.45) is 1.86. The summed E-state index contributed by atoms with van der Waals surface area (Å²) in [4.78, 5) is 18.4. The summed E-state index contributed by atoms with van der Waals surface area (Å²) in [5.74, 6) is -0.319. The maximum Gasteiger partial charge on any atom is 0.305 e. The van der Waals surface area contributed by atoms with E-state index in [1.54, 1.807) is 0 Å². The van der Waals surface area contributed by atoms with E-state index in [4.69, 9.17) is 23.2 Å². The maximum atomic E-state index is 10.9. The second-order valence-electron chi connectivity index (χ2n) is 2.51. The van der Waals surface area contributed by atoms with Gasteiger partial charge < -0.3 is 4.74 Å². The lowest BCUT2D eigenvalue weighted by Crippen LogP contribution is -2.03. The minimum atomic E-state index is -0.319. The number of hydrogen-bond acceptors (Lipinski definition) is 4. The van der Waals surface area contributed by atoms with Gasteiger partial charge in [0.2, 0.25) is 0 Å². The van der Waals surface area contributed by atoms with Crippen LogP contribution < -0.4 is 0 Å². The van der Waals surface area contributed by atoms with Crippen LogP contribution in [0.15, 0.2) is 6.33 Å². The maximum absolute atomic E-state index is 10.9. The summed E-state index contributed by atoms with van der Waals surface area (Å²) >= 11 is 11.5. The van der Waals surface area contributed by atoms with E-state index in [1.165, 1.54) is 13.4 Å². The van der Waals surface area contributed by atoms with Gasteiger partial charge in [-0.05, 0) is 6.42 Å². The molecule has 0 aliphatic carbocycles. The predicted octanol–water partition coefficient (Wildman–Crippen LogP) is 1.89. The molecule has 1 aromatic rings. The largest absolute Gasteiger partial charge is 0.469 e. The standard InChI is InChI=1S/C8H8Cl2N2O2/c1-14-6(13)3-2-5-7(9)11-4-12-8(5)10/h4H,2-3H2,1H3. The zero-order valence-corrected chi connectivity index (χ0v) is 8.97. The van der Waals surface area contributed by atoms with Gasteiger partial charge in [0.15, 0.2) is 0 Å². The second kappa shape index (κ2) is 5.12. The number of nitrogens with zero attached hydrogens (tertiary/aromatic N) is 2. The molecule has 0 amide bonds. The molecule has 0 unspecified atom stereocenters. The van der Waals surface area contributed by atoms with Crippen molar-refractivity contribution in [3.05, 3.63) is 22.2 Å². The molecule has 0 bridgehead atoms. The Morgan fingerprint density at radius 2 is 2.00 bits per heavy atom. The van der Waals surface area contributed by atoms with Crippen molar-refractivity contribution >= 4 is 29.2 Å². The van der Waals surface area contributed by atoms with Crippen LogP contribution in [-0.4, -0.2) is 23.0 Å². The van der Waals surface area contributed by atoms with Crippen LogP contribution in [0.25, 0.3) is 0 Å². The zero-order valence-electron chi connectivity index (χ0n) is 7.46. The summed E-state index contributed by atoms with van der Waals surface area (Å²) in [5, 5.41) is 0.544. The first-order valence-electron chi connectivity index (χ1n) is 3.87. The van der Waals surface area contributed by atoms with E-state index in [9.17, 15) is 4.79 Å². The summed E-state index contributed by atoms with van der Waals surface area (Å²) < 4.78 is 4.49. The van der Waals surface area contributed by atoms with Crippen molar-refractivity contribution in [2.75, 3.05) is 7.11 Å². The molecule has 0 atom stereocenters. The van der Waals surface area contributed by atoms with Gasteiger partial charge in [-0.25, -0.2) is 9.97 Å². The highest BCUT2D eigenvalue weighted by molar-refractivity contribution is 6.34. The molecular weight excluding hydrogens is 227 g/mol. The van der Waals surface area contributed by atoms with Gasteiger partial charge in [0.25, 0.3) is 0 Å². The van der Waals surface area contributed by atoms with Crippen LogP contribution in [0.3, 0.4) is 0 Å². The Labute approximate surface area is 91.2 Å². The molecule has 1 heterocycles. The molecule has 0 N–H and O–H groups in total. The molecule has 0 fully saturated rings. The van der Waals surface area contributed by atoms with Crippen LogP contribution in [0.1, 0.15) is 12.0 Å². The van der Waals surface area contributed by atoms with Crippen molar-refractivity contribution < 1.29 is 9.53 Å². The molecule has 0 aliphatic rings. The molecule has 76 valence electrons. The van der Waals surface area contributed by atoms with E-state index in [1.807, 2.05) is 0 Å². The number of carbonyl (C=O) groups excluding carboxylic acids is 1. The highest BCUT2D eigenvalue weighted by Gasteiger charge is 2.10. The van der Waals surface area contributed by atoms with E-state index in [-0.39, 0.29) is 22.7 Å². The number of esters is 1. The number of hydrogen-bond donors (Lipinski definition) is 0. The number of rotatable bonds is 3. The van der Waals surface area contributed by atoms with Gasteiger partial charge in [0, 0.05) is 12.0 Å². The number of aromatic nitrogens is 2. The van der Waals surface area contributed by atoms with E-state index < -0.39 is 0 Å². The van der Waals surface area contributed by atoms with E-state index in [0.29, 0.717) is 12.0 Å². The fraction of sp³-hybridized carbons (Fsp3) is 0.375. The Hall–Kier alpha value is -0.870. The van der Waals surface area contributed by atoms with Crippen LogP contribution in [0.4, 0.5) is 0 Å². The van der Waals surface area contributed by atoms with Gasteiger partial charge >= 0.3 is 5.97 Å². The average molecular weight is 235 g/mol. The van der Waals surface area contributed by atoms with Gasteiger partial charge in [-0.1, -0.05) is 23.2 Å². The van der Waals surface area contributed by atoms with E-state index in [0.717, 1.165) is 0 Å². The molecule has 14 heavy (non-hydrogen) atoms. The summed E-state index contributed by atoms with van der Waals surface area (Å²) in [6.45, 7) is 0. The van der Waals surface area contributed by atoms with Crippen molar-refractivity contribution in [1.29, 1.82) is 0 Å². The quantitative estimate of drug-likeness (QED) is 0.592. The van der Waals surface area contributed by atoms with Crippen molar-refractivity contribution in [2.24, 2.45) is 0 Å². The third-order valence-corrected chi connectivity index (χ3v) is 2.30. The summed E-state index contributed by atoms with van der Waals surface area (Å²) in [7, 11) is 1.33. The first-order valence-corrected chi connectivity index (χ1v) is 4.62. The van der Waals surface area contributed by atoms with E-state index >= 15 is 0 Å². The van der Waals surface area contributed by atoms with Gasteiger partial charge in [-0.15, -0.1) is 0 Å². The molecule has 0 aliphatic heterocycles. The van der Waals surface area contributed by atoms with Crippen LogP contribution >= 0.6 is 23.2 Å². The van der Waals surface area contributed by atoms with Crippen molar-refractivity contribution in [3.8, 4) is 0 Å². The molecule has 0 radical (unpaired) electrons. The monoisotopic (exact) mass is 234 g/mol. The first-order chi connectivity index (χ1) is 6.65. The average Bonchev–Trinajstić information content (AvgIpc) is 2.16. The molecule has 0 aromatic carbocycles. The number of methoxy groups -OCH3 is 1. The summed E-state index contributed by atoms with van der Waals surface area (Å²) in [6, 6.07) is 0. The number of ether oxygens (including phenoxy) is 1. The second-order valence-corrected chi connectivity index (χ2v) is 3.23. The smallest absolute Gasteiger partial charge is 0.305 e. The molecule has 0 saturated carbocycles. The van der Waals surface area contributed by atoms with Crippen LogP contribution in [0, 0.1) is 0 Å². The minimum absolute atomic E-state index is 0.212. The predicted molar refractivity (Wildman–Crippen MR) is 52.4 cm³/mol.